The summed E-state index contributed by atoms with van der Waals surface area (Å²) in [4.78, 5) is 40.6. The van der Waals surface area contributed by atoms with Gasteiger partial charge in [0.05, 0.1) is 18.4 Å². The highest BCUT2D eigenvalue weighted by Gasteiger charge is 2.35. The molecule has 10 heteroatoms. The first kappa shape index (κ1) is 27.0. The fourth-order valence-corrected chi connectivity index (χ4v) is 4.53. The molecule has 1 saturated heterocycles. The Kier molecular flexibility index (Phi) is 8.19. The van der Waals surface area contributed by atoms with E-state index in [1.165, 1.54) is 18.4 Å². The molecule has 3 aromatic rings. The largest absolute Gasteiger partial charge is 0.467 e. The number of carbonyl (C=O) groups is 3. The van der Waals surface area contributed by atoms with Crippen LogP contribution in [0.1, 0.15) is 50.4 Å². The van der Waals surface area contributed by atoms with Crippen LogP contribution in [0.4, 0.5) is 13.2 Å². The van der Waals surface area contributed by atoms with E-state index in [9.17, 15) is 27.6 Å². The van der Waals surface area contributed by atoms with E-state index >= 15 is 0 Å². The van der Waals surface area contributed by atoms with Crippen molar-refractivity contribution in [3.05, 3.63) is 94.9 Å². The minimum atomic E-state index is -4.48. The average molecular weight is 528 g/mol. The lowest BCUT2D eigenvalue weighted by Crippen LogP contribution is -2.53. The number of aryl methyl sites for hydroxylation is 1. The highest BCUT2D eigenvalue weighted by atomic mass is 19.4. The van der Waals surface area contributed by atoms with Crippen molar-refractivity contribution in [2.45, 2.75) is 38.5 Å². The fraction of sp³-hybridized carbons (Fsp3) is 0.321. The first-order chi connectivity index (χ1) is 18.1. The van der Waals surface area contributed by atoms with Crippen molar-refractivity contribution in [2.75, 3.05) is 13.1 Å². The first-order valence-corrected chi connectivity index (χ1v) is 12.3. The number of rotatable bonds is 7. The van der Waals surface area contributed by atoms with Crippen LogP contribution in [0.3, 0.4) is 0 Å². The van der Waals surface area contributed by atoms with Gasteiger partial charge in [0.15, 0.2) is 0 Å². The zero-order valence-electron chi connectivity index (χ0n) is 20.8. The van der Waals surface area contributed by atoms with Gasteiger partial charge in [-0.25, -0.2) is 0 Å². The molecule has 7 nitrogen and oxygen atoms in total. The van der Waals surface area contributed by atoms with E-state index in [1.54, 1.807) is 35.2 Å². The van der Waals surface area contributed by atoms with Crippen LogP contribution in [-0.2, 0) is 17.5 Å². The summed E-state index contributed by atoms with van der Waals surface area (Å²) >= 11 is 0. The van der Waals surface area contributed by atoms with Crippen LogP contribution in [0.2, 0.25) is 0 Å². The topological polar surface area (TPSA) is 91.7 Å². The summed E-state index contributed by atoms with van der Waals surface area (Å²) in [7, 11) is 0. The number of piperidine rings is 1. The van der Waals surface area contributed by atoms with Crippen LogP contribution in [-0.4, -0.2) is 41.8 Å². The summed E-state index contributed by atoms with van der Waals surface area (Å²) in [5.74, 6) is -0.805. The molecule has 0 aliphatic carbocycles. The molecule has 0 saturated carbocycles. The number of alkyl halides is 3. The summed E-state index contributed by atoms with van der Waals surface area (Å²) < 4.78 is 43.8. The maximum Gasteiger partial charge on any atom is 0.416 e. The summed E-state index contributed by atoms with van der Waals surface area (Å²) in [5.41, 5.74) is 0.688. The highest BCUT2D eigenvalue weighted by Crippen LogP contribution is 2.30. The minimum absolute atomic E-state index is 0.161. The van der Waals surface area contributed by atoms with Crippen molar-refractivity contribution in [1.82, 2.24) is 15.5 Å². The lowest BCUT2D eigenvalue weighted by molar-refractivity contribution is -0.137. The molecule has 0 spiro atoms. The van der Waals surface area contributed by atoms with Crippen molar-refractivity contribution in [3.8, 4) is 0 Å². The predicted octanol–water partition coefficient (Wildman–Crippen LogP) is 4.57. The smallest absolute Gasteiger partial charge is 0.416 e. The Morgan fingerprint density at radius 3 is 2.32 bits per heavy atom. The molecule has 38 heavy (non-hydrogen) atoms. The molecule has 1 aromatic heterocycles. The molecule has 0 radical (unpaired) electrons. The maximum atomic E-state index is 13.2. The van der Waals surface area contributed by atoms with Crippen molar-refractivity contribution in [1.29, 1.82) is 0 Å². The molecule has 1 aliphatic heterocycles. The summed E-state index contributed by atoms with van der Waals surface area (Å²) in [5, 5.41) is 5.67. The zero-order valence-corrected chi connectivity index (χ0v) is 20.8. The van der Waals surface area contributed by atoms with Crippen LogP contribution in [0.25, 0.3) is 0 Å². The van der Waals surface area contributed by atoms with Gasteiger partial charge in [0, 0.05) is 24.2 Å². The van der Waals surface area contributed by atoms with Crippen LogP contribution in [0, 0.1) is 12.8 Å². The Labute approximate surface area is 218 Å². The Morgan fingerprint density at radius 2 is 1.71 bits per heavy atom. The van der Waals surface area contributed by atoms with Crippen LogP contribution in [0.5, 0.6) is 0 Å². The Hall–Kier alpha value is -4.08. The van der Waals surface area contributed by atoms with Crippen LogP contribution < -0.4 is 10.6 Å². The number of nitrogens with zero attached hydrogens (tertiary/aromatic N) is 1. The Bertz CT molecular complexity index is 1270. The number of nitrogens with one attached hydrogen (secondary N) is 2. The number of likely N-dealkylation sites (tertiary alicyclic amines) is 1. The molecule has 2 aromatic carbocycles. The molecular formula is C28H28F3N3O4. The van der Waals surface area contributed by atoms with Crippen LogP contribution in [0.15, 0.2) is 71.3 Å². The minimum Gasteiger partial charge on any atom is -0.467 e. The van der Waals surface area contributed by atoms with E-state index in [-0.39, 0.29) is 35.7 Å². The second-order valence-electron chi connectivity index (χ2n) is 9.32. The van der Waals surface area contributed by atoms with Crippen molar-refractivity contribution < 1.29 is 32.0 Å². The zero-order chi connectivity index (χ0) is 27.3. The van der Waals surface area contributed by atoms with E-state index in [0.717, 1.165) is 17.7 Å². The third-order valence-electron chi connectivity index (χ3n) is 6.62. The molecule has 3 amide bonds. The maximum absolute atomic E-state index is 13.2. The van der Waals surface area contributed by atoms with Gasteiger partial charge in [-0.15, -0.1) is 0 Å². The molecule has 2 heterocycles. The number of hydrogen-bond donors (Lipinski definition) is 2. The fourth-order valence-electron chi connectivity index (χ4n) is 4.53. The number of halogens is 3. The van der Waals surface area contributed by atoms with E-state index in [0.29, 0.717) is 37.3 Å². The summed E-state index contributed by atoms with van der Waals surface area (Å²) in [6.45, 7) is 2.63. The molecule has 200 valence electrons. The third kappa shape index (κ3) is 6.62. The van der Waals surface area contributed by atoms with E-state index in [4.69, 9.17) is 4.42 Å². The SMILES string of the molecule is Cc1cccc(C(=O)NC(C(=O)NCc2ccco2)C2CCN(C(=O)c3ccc(C(F)(F)F)cc3)CC2)c1. The highest BCUT2D eigenvalue weighted by molar-refractivity contribution is 5.98. The van der Waals surface area contributed by atoms with E-state index < -0.39 is 17.8 Å². The predicted molar refractivity (Wildman–Crippen MR) is 133 cm³/mol. The number of amides is 3. The van der Waals surface area contributed by atoms with Gasteiger partial charge in [-0.3, -0.25) is 14.4 Å². The standard InChI is InChI=1S/C28H28F3N3O4/c1-18-4-2-5-21(16-18)25(35)33-24(26(36)32-17-23-6-3-15-38-23)19-11-13-34(14-12-19)27(37)20-7-9-22(10-8-20)28(29,30)31/h2-10,15-16,19,24H,11-14,17H2,1H3,(H,32,36)(H,33,35). The van der Waals surface area contributed by atoms with Crippen molar-refractivity contribution in [3.63, 3.8) is 0 Å². The normalized spacial score (nSPS) is 15.1. The van der Waals surface area contributed by atoms with Gasteiger partial charge in [0.2, 0.25) is 5.91 Å². The van der Waals surface area contributed by atoms with Gasteiger partial charge in [-0.2, -0.15) is 13.2 Å². The number of benzene rings is 2. The summed E-state index contributed by atoms with van der Waals surface area (Å²) in [6, 6.07) is 13.8. The molecule has 0 bridgehead atoms. The Balaban J connectivity index is 1.43. The third-order valence-corrected chi connectivity index (χ3v) is 6.62. The second kappa shape index (κ2) is 11.5. The molecule has 1 aliphatic rings. The van der Waals surface area contributed by atoms with Gasteiger partial charge in [0.1, 0.15) is 11.8 Å². The molecule has 1 unspecified atom stereocenters. The number of hydrogen-bond acceptors (Lipinski definition) is 4. The molecule has 4 rings (SSSR count). The number of furan rings is 1. The lowest BCUT2D eigenvalue weighted by Gasteiger charge is -2.36. The van der Waals surface area contributed by atoms with Gasteiger partial charge in [-0.05, 0) is 74.2 Å². The van der Waals surface area contributed by atoms with Crippen molar-refractivity contribution >= 4 is 17.7 Å². The molecule has 1 atom stereocenters. The van der Waals surface area contributed by atoms with Gasteiger partial charge in [0.25, 0.3) is 11.8 Å². The quantitative estimate of drug-likeness (QED) is 0.471. The van der Waals surface area contributed by atoms with Crippen LogP contribution >= 0.6 is 0 Å². The van der Waals surface area contributed by atoms with Gasteiger partial charge in [-0.1, -0.05) is 17.7 Å². The first-order valence-electron chi connectivity index (χ1n) is 12.3. The molecule has 2 N–H and O–H groups in total. The number of carbonyl (C=O) groups excluding carboxylic acids is 3. The Morgan fingerprint density at radius 1 is 1.00 bits per heavy atom. The van der Waals surface area contributed by atoms with E-state index in [2.05, 4.69) is 10.6 Å². The lowest BCUT2D eigenvalue weighted by atomic mass is 9.88. The van der Waals surface area contributed by atoms with Gasteiger partial charge >= 0.3 is 6.18 Å². The van der Waals surface area contributed by atoms with Crippen molar-refractivity contribution in [2.24, 2.45) is 5.92 Å². The molecule has 1 fully saturated rings. The monoisotopic (exact) mass is 527 g/mol. The van der Waals surface area contributed by atoms with E-state index in [1.807, 2.05) is 13.0 Å². The summed E-state index contributed by atoms with van der Waals surface area (Å²) in [6.07, 6.45) is -2.12. The molecular weight excluding hydrogens is 499 g/mol. The van der Waals surface area contributed by atoms with Gasteiger partial charge < -0.3 is 20.0 Å². The average Bonchev–Trinajstić information content (AvgIpc) is 3.43. The second-order valence-corrected chi connectivity index (χ2v) is 9.32.